The Morgan fingerprint density at radius 2 is 2.08 bits per heavy atom. The quantitative estimate of drug-likeness (QED) is 0.666. The van der Waals surface area contributed by atoms with Gasteiger partial charge in [0.05, 0.1) is 12.2 Å². The lowest BCUT2D eigenvalue weighted by molar-refractivity contribution is 0.0958. The highest BCUT2D eigenvalue weighted by Crippen LogP contribution is 2.46. The fourth-order valence-corrected chi connectivity index (χ4v) is 5.18. The van der Waals surface area contributed by atoms with Crippen LogP contribution in [0.4, 0.5) is 0 Å². The van der Waals surface area contributed by atoms with Gasteiger partial charge in [-0.2, -0.15) is 0 Å². The molecular formula is C21H33N5. The van der Waals surface area contributed by atoms with Crippen LogP contribution >= 0.6 is 0 Å². The largest absolute Gasteiger partial charge is 0.357 e. The molecule has 2 heterocycles. The lowest BCUT2D eigenvalue weighted by Crippen LogP contribution is -2.55. The van der Waals surface area contributed by atoms with E-state index in [0.29, 0.717) is 6.54 Å². The Bertz CT molecular complexity index is 635. The molecule has 1 N–H and O–H groups in total. The number of fused-ring (bicyclic) bond motifs is 2. The summed E-state index contributed by atoms with van der Waals surface area (Å²) in [6, 6.07) is 4.97. The number of hydrogen-bond donors (Lipinski definition) is 1. The molecule has 2 bridgehead atoms. The molecule has 2 saturated carbocycles. The van der Waals surface area contributed by atoms with Crippen molar-refractivity contribution in [3.8, 4) is 0 Å². The van der Waals surface area contributed by atoms with E-state index in [9.17, 15) is 0 Å². The number of rotatable bonds is 4. The molecule has 3 aliphatic rings. The number of aromatic nitrogens is 1. The number of hydrogen-bond acceptors (Lipinski definition) is 3. The molecule has 1 saturated heterocycles. The smallest absolute Gasteiger partial charge is 0.194 e. The highest BCUT2D eigenvalue weighted by molar-refractivity contribution is 5.80. The van der Waals surface area contributed by atoms with Gasteiger partial charge in [0.15, 0.2) is 5.96 Å². The standard InChI is InChI=1S/C21H33N5/c1-3-22-21(24-15-19-16(2)5-4-8-23-19)26-11-9-25(10-12-26)20-14-17-6-7-18(20)13-17/h4-5,8,17-18,20H,3,6-7,9-15H2,1-2H3,(H,22,24). The van der Waals surface area contributed by atoms with Gasteiger partial charge >= 0.3 is 0 Å². The van der Waals surface area contributed by atoms with E-state index in [2.05, 4.69) is 40.0 Å². The number of nitrogens with one attached hydrogen (secondary N) is 1. The van der Waals surface area contributed by atoms with Crippen LogP contribution in [-0.2, 0) is 6.54 Å². The Morgan fingerprint density at radius 1 is 1.23 bits per heavy atom. The van der Waals surface area contributed by atoms with E-state index in [1.165, 1.54) is 44.3 Å². The summed E-state index contributed by atoms with van der Waals surface area (Å²) in [5.74, 6) is 3.06. The molecule has 5 nitrogen and oxygen atoms in total. The predicted octanol–water partition coefficient (Wildman–Crippen LogP) is 2.66. The highest BCUT2D eigenvalue weighted by Gasteiger charge is 2.42. The molecule has 0 radical (unpaired) electrons. The van der Waals surface area contributed by atoms with Crippen molar-refractivity contribution in [3.63, 3.8) is 0 Å². The number of aryl methyl sites for hydroxylation is 1. The first kappa shape index (κ1) is 17.8. The number of guanidine groups is 1. The Hall–Kier alpha value is -1.62. The topological polar surface area (TPSA) is 43.8 Å². The van der Waals surface area contributed by atoms with Crippen molar-refractivity contribution < 1.29 is 0 Å². The van der Waals surface area contributed by atoms with Gasteiger partial charge in [0.1, 0.15) is 0 Å². The van der Waals surface area contributed by atoms with Crippen LogP contribution < -0.4 is 5.32 Å². The van der Waals surface area contributed by atoms with E-state index in [4.69, 9.17) is 4.99 Å². The fraction of sp³-hybridized carbons (Fsp3) is 0.714. The molecule has 0 aromatic carbocycles. The Kier molecular flexibility index (Phi) is 5.44. The van der Waals surface area contributed by atoms with Gasteiger partial charge in [-0.15, -0.1) is 0 Å². The summed E-state index contributed by atoms with van der Waals surface area (Å²) in [5.41, 5.74) is 2.29. The maximum absolute atomic E-state index is 4.88. The van der Waals surface area contributed by atoms with Gasteiger partial charge in [-0.3, -0.25) is 9.88 Å². The maximum Gasteiger partial charge on any atom is 0.194 e. The minimum Gasteiger partial charge on any atom is -0.357 e. The van der Waals surface area contributed by atoms with Crippen molar-refractivity contribution in [2.24, 2.45) is 16.8 Å². The minimum atomic E-state index is 0.654. The monoisotopic (exact) mass is 355 g/mol. The van der Waals surface area contributed by atoms with Gasteiger partial charge < -0.3 is 10.2 Å². The van der Waals surface area contributed by atoms with Gasteiger partial charge in [-0.05, 0) is 56.6 Å². The number of nitrogens with zero attached hydrogens (tertiary/aromatic N) is 4. The first-order valence-corrected chi connectivity index (χ1v) is 10.4. The molecular weight excluding hydrogens is 322 g/mol. The van der Waals surface area contributed by atoms with Crippen molar-refractivity contribution in [3.05, 3.63) is 29.6 Å². The van der Waals surface area contributed by atoms with Crippen molar-refractivity contribution in [2.75, 3.05) is 32.7 Å². The Morgan fingerprint density at radius 3 is 2.73 bits per heavy atom. The van der Waals surface area contributed by atoms with Crippen LogP contribution in [0.25, 0.3) is 0 Å². The average Bonchev–Trinajstić information content (AvgIpc) is 3.30. The zero-order chi connectivity index (χ0) is 17.9. The van der Waals surface area contributed by atoms with Crippen LogP contribution in [0.1, 0.15) is 43.9 Å². The molecule has 3 fully saturated rings. The minimum absolute atomic E-state index is 0.654. The summed E-state index contributed by atoms with van der Waals surface area (Å²) in [7, 11) is 0. The lowest BCUT2D eigenvalue weighted by atomic mass is 9.93. The van der Waals surface area contributed by atoms with Gasteiger partial charge in [-0.25, -0.2) is 4.99 Å². The van der Waals surface area contributed by atoms with E-state index in [1.807, 2.05) is 12.3 Å². The second-order valence-electron chi connectivity index (χ2n) is 8.20. The SMILES string of the molecule is CCNC(=NCc1ncccc1C)N1CCN(C2CC3CCC2C3)CC1. The summed E-state index contributed by atoms with van der Waals surface area (Å²) in [4.78, 5) is 14.6. The summed E-state index contributed by atoms with van der Waals surface area (Å²) < 4.78 is 0. The van der Waals surface area contributed by atoms with Crippen molar-refractivity contribution in [2.45, 2.75) is 52.1 Å². The van der Waals surface area contributed by atoms with E-state index < -0.39 is 0 Å². The normalized spacial score (nSPS) is 29.4. The fourth-order valence-electron chi connectivity index (χ4n) is 5.18. The van der Waals surface area contributed by atoms with Gasteiger partial charge in [0.2, 0.25) is 0 Å². The van der Waals surface area contributed by atoms with E-state index >= 15 is 0 Å². The van der Waals surface area contributed by atoms with Crippen molar-refractivity contribution in [1.29, 1.82) is 0 Å². The van der Waals surface area contributed by atoms with E-state index in [-0.39, 0.29) is 0 Å². The van der Waals surface area contributed by atoms with Gasteiger partial charge in [-0.1, -0.05) is 12.5 Å². The Labute approximate surface area is 157 Å². The lowest BCUT2D eigenvalue weighted by Gasteiger charge is -2.42. The highest BCUT2D eigenvalue weighted by atomic mass is 15.4. The molecule has 0 spiro atoms. The first-order chi connectivity index (χ1) is 12.7. The molecule has 3 unspecified atom stereocenters. The van der Waals surface area contributed by atoms with E-state index in [1.54, 1.807) is 0 Å². The molecule has 142 valence electrons. The summed E-state index contributed by atoms with van der Waals surface area (Å²) >= 11 is 0. The van der Waals surface area contributed by atoms with Crippen molar-refractivity contribution in [1.82, 2.24) is 20.1 Å². The zero-order valence-corrected chi connectivity index (χ0v) is 16.3. The summed E-state index contributed by atoms with van der Waals surface area (Å²) in [5, 5.41) is 3.48. The van der Waals surface area contributed by atoms with Crippen LogP contribution in [0.3, 0.4) is 0 Å². The summed E-state index contributed by atoms with van der Waals surface area (Å²) in [6.45, 7) is 10.4. The summed E-state index contributed by atoms with van der Waals surface area (Å²) in [6.07, 6.45) is 7.78. The van der Waals surface area contributed by atoms with Crippen LogP contribution in [-0.4, -0.2) is 59.5 Å². The second-order valence-corrected chi connectivity index (χ2v) is 8.20. The number of piperazine rings is 1. The van der Waals surface area contributed by atoms with Crippen LogP contribution in [0, 0.1) is 18.8 Å². The third kappa shape index (κ3) is 3.73. The third-order valence-electron chi connectivity index (χ3n) is 6.61. The first-order valence-electron chi connectivity index (χ1n) is 10.4. The zero-order valence-electron chi connectivity index (χ0n) is 16.3. The van der Waals surface area contributed by atoms with Crippen molar-refractivity contribution >= 4 is 5.96 Å². The van der Waals surface area contributed by atoms with Crippen LogP contribution in [0.15, 0.2) is 23.3 Å². The molecule has 1 aromatic heterocycles. The molecule has 3 atom stereocenters. The Balaban J connectivity index is 1.36. The molecule has 2 aliphatic carbocycles. The molecule has 26 heavy (non-hydrogen) atoms. The average molecular weight is 356 g/mol. The molecule has 1 aliphatic heterocycles. The number of pyridine rings is 1. The van der Waals surface area contributed by atoms with Crippen LogP contribution in [0.2, 0.25) is 0 Å². The van der Waals surface area contributed by atoms with Gasteiger partial charge in [0.25, 0.3) is 0 Å². The molecule has 5 heteroatoms. The molecule has 0 amide bonds. The predicted molar refractivity (Wildman–Crippen MR) is 106 cm³/mol. The molecule has 1 aromatic rings. The van der Waals surface area contributed by atoms with Crippen LogP contribution in [0.5, 0.6) is 0 Å². The second kappa shape index (κ2) is 7.95. The van der Waals surface area contributed by atoms with Gasteiger partial charge in [0, 0.05) is 45.0 Å². The third-order valence-corrected chi connectivity index (χ3v) is 6.61. The number of aliphatic imine (C=N–C) groups is 1. The van der Waals surface area contributed by atoms with E-state index in [0.717, 1.165) is 49.2 Å². The molecule has 4 rings (SSSR count). The maximum atomic E-state index is 4.88.